The van der Waals surface area contributed by atoms with E-state index in [1.165, 1.54) is 11.7 Å². The quantitative estimate of drug-likeness (QED) is 0.569. The van der Waals surface area contributed by atoms with Gasteiger partial charge in [-0.05, 0) is 43.2 Å². The lowest BCUT2D eigenvalue weighted by molar-refractivity contribution is -0.133. The van der Waals surface area contributed by atoms with E-state index in [9.17, 15) is 14.7 Å². The molecule has 0 saturated carbocycles. The van der Waals surface area contributed by atoms with Crippen LogP contribution in [0.4, 0.5) is 5.69 Å². The van der Waals surface area contributed by atoms with E-state index in [1.54, 1.807) is 13.0 Å². The van der Waals surface area contributed by atoms with Crippen molar-refractivity contribution in [1.29, 1.82) is 0 Å². The van der Waals surface area contributed by atoms with Gasteiger partial charge in [0.2, 0.25) is 5.78 Å². The molecule has 0 saturated heterocycles. The lowest BCUT2D eigenvalue weighted by atomic mass is 10.1. The molecule has 0 atom stereocenters. The molecule has 0 bridgehead atoms. The van der Waals surface area contributed by atoms with Crippen LogP contribution in [0.15, 0.2) is 30.3 Å². The molecule has 0 aliphatic rings. The molecule has 0 aliphatic carbocycles. The number of anilines is 1. The maximum Gasteiger partial charge on any atom is 0.291 e. The van der Waals surface area contributed by atoms with Gasteiger partial charge in [0, 0.05) is 6.92 Å². The van der Waals surface area contributed by atoms with Crippen LogP contribution in [-0.2, 0) is 9.59 Å². The number of nitrogens with one attached hydrogen (secondary N) is 1. The van der Waals surface area contributed by atoms with Crippen LogP contribution in [0.25, 0.3) is 16.7 Å². The van der Waals surface area contributed by atoms with Gasteiger partial charge in [-0.15, -0.1) is 15.0 Å². The van der Waals surface area contributed by atoms with Crippen LogP contribution in [0, 0.1) is 13.8 Å². The number of phenols is 1. The summed E-state index contributed by atoms with van der Waals surface area (Å²) in [7, 11) is 0. The third-order valence-corrected chi connectivity index (χ3v) is 3.86. The van der Waals surface area contributed by atoms with E-state index in [0.29, 0.717) is 22.3 Å². The van der Waals surface area contributed by atoms with Crippen molar-refractivity contribution in [3.8, 4) is 11.4 Å². The average Bonchev–Trinajstić information content (AvgIpc) is 2.98. The molecular formula is C17H16N4O3. The van der Waals surface area contributed by atoms with E-state index in [2.05, 4.69) is 15.5 Å². The summed E-state index contributed by atoms with van der Waals surface area (Å²) in [5.74, 6) is -1.61. The van der Waals surface area contributed by atoms with Gasteiger partial charge < -0.3 is 10.4 Å². The first-order valence-corrected chi connectivity index (χ1v) is 7.36. The third kappa shape index (κ3) is 2.60. The molecule has 3 rings (SSSR count). The number of amides is 1. The number of nitrogens with zero attached hydrogens (tertiary/aromatic N) is 3. The second-order valence-corrected chi connectivity index (χ2v) is 5.55. The maximum absolute atomic E-state index is 11.7. The molecule has 1 heterocycles. The van der Waals surface area contributed by atoms with Crippen LogP contribution in [0.5, 0.6) is 5.75 Å². The number of rotatable bonds is 3. The van der Waals surface area contributed by atoms with Crippen molar-refractivity contribution >= 4 is 28.4 Å². The van der Waals surface area contributed by atoms with Crippen molar-refractivity contribution < 1.29 is 14.7 Å². The Labute approximate surface area is 137 Å². The van der Waals surface area contributed by atoms with Crippen molar-refractivity contribution in [1.82, 2.24) is 15.0 Å². The highest BCUT2D eigenvalue weighted by atomic mass is 16.3. The van der Waals surface area contributed by atoms with Gasteiger partial charge in [0.1, 0.15) is 16.7 Å². The van der Waals surface area contributed by atoms with Gasteiger partial charge in [-0.25, -0.2) is 0 Å². The molecule has 0 spiro atoms. The zero-order valence-corrected chi connectivity index (χ0v) is 13.5. The number of carbonyl (C=O) groups is 2. The largest absolute Gasteiger partial charge is 0.504 e. The molecule has 0 aliphatic heterocycles. The fourth-order valence-electron chi connectivity index (χ4n) is 2.36. The molecule has 1 aromatic heterocycles. The number of aryl methyl sites for hydroxylation is 1. The summed E-state index contributed by atoms with van der Waals surface area (Å²) in [4.78, 5) is 24.2. The second-order valence-electron chi connectivity index (χ2n) is 5.55. The number of hydrogen-bond donors (Lipinski definition) is 2. The predicted octanol–water partition coefficient (Wildman–Crippen LogP) is 2.27. The summed E-state index contributed by atoms with van der Waals surface area (Å²) >= 11 is 0. The number of Topliss-reactive ketones (excluding diaryl/α,β-unsaturated/α-hetero) is 1. The van der Waals surface area contributed by atoms with Crippen LogP contribution >= 0.6 is 0 Å². The lowest BCUT2D eigenvalue weighted by Crippen LogP contribution is -2.21. The Morgan fingerprint density at radius 1 is 1.12 bits per heavy atom. The molecule has 0 radical (unpaired) electrons. The summed E-state index contributed by atoms with van der Waals surface area (Å²) in [6.07, 6.45) is 0. The summed E-state index contributed by atoms with van der Waals surface area (Å²) < 4.78 is 0. The Kier molecular flexibility index (Phi) is 3.76. The number of aromatic nitrogens is 3. The normalized spacial score (nSPS) is 10.8. The third-order valence-electron chi connectivity index (χ3n) is 3.86. The Hall–Kier alpha value is -3.22. The predicted molar refractivity (Wildman–Crippen MR) is 89.3 cm³/mol. The Morgan fingerprint density at radius 3 is 2.25 bits per heavy atom. The molecule has 2 aromatic carbocycles. The summed E-state index contributed by atoms with van der Waals surface area (Å²) in [5, 5.41) is 21.7. The number of phenolic OH excluding ortho intramolecular Hbond substituents is 1. The monoisotopic (exact) mass is 324 g/mol. The molecule has 122 valence electrons. The van der Waals surface area contributed by atoms with Crippen molar-refractivity contribution in [2.75, 3.05) is 5.32 Å². The molecule has 0 unspecified atom stereocenters. The number of ketones is 1. The summed E-state index contributed by atoms with van der Waals surface area (Å²) in [5.41, 5.74) is 3.37. The van der Waals surface area contributed by atoms with E-state index in [-0.39, 0.29) is 11.4 Å². The van der Waals surface area contributed by atoms with Gasteiger partial charge in [-0.1, -0.05) is 12.1 Å². The average molecular weight is 324 g/mol. The molecule has 0 fully saturated rings. The molecule has 1 amide bonds. The van der Waals surface area contributed by atoms with Gasteiger partial charge in [0.15, 0.2) is 5.75 Å². The highest BCUT2D eigenvalue weighted by Gasteiger charge is 2.19. The fourth-order valence-corrected chi connectivity index (χ4v) is 2.36. The van der Waals surface area contributed by atoms with Crippen LogP contribution < -0.4 is 5.32 Å². The topological polar surface area (TPSA) is 97.1 Å². The van der Waals surface area contributed by atoms with Crippen molar-refractivity contribution in [2.45, 2.75) is 20.8 Å². The molecule has 3 aromatic rings. The van der Waals surface area contributed by atoms with Gasteiger partial charge >= 0.3 is 0 Å². The van der Waals surface area contributed by atoms with E-state index < -0.39 is 11.7 Å². The smallest absolute Gasteiger partial charge is 0.291 e. The fraction of sp³-hybridized carbons (Fsp3) is 0.176. The lowest BCUT2D eigenvalue weighted by Gasteiger charge is -2.15. The van der Waals surface area contributed by atoms with Crippen molar-refractivity contribution in [2.24, 2.45) is 0 Å². The minimum Gasteiger partial charge on any atom is -0.504 e. The van der Waals surface area contributed by atoms with E-state index in [4.69, 9.17) is 0 Å². The first kappa shape index (κ1) is 15.7. The first-order chi connectivity index (χ1) is 11.4. The maximum atomic E-state index is 11.7. The molecular weight excluding hydrogens is 308 g/mol. The summed E-state index contributed by atoms with van der Waals surface area (Å²) in [6, 6.07) is 9.05. The minimum absolute atomic E-state index is 0.187. The van der Waals surface area contributed by atoms with Gasteiger partial charge in [0.25, 0.3) is 5.91 Å². The van der Waals surface area contributed by atoms with Gasteiger partial charge in [-0.2, -0.15) is 0 Å². The van der Waals surface area contributed by atoms with Crippen LogP contribution in [-0.4, -0.2) is 31.8 Å². The Bertz CT molecular complexity index is 942. The Morgan fingerprint density at radius 2 is 1.71 bits per heavy atom. The van der Waals surface area contributed by atoms with Crippen LogP contribution in [0.2, 0.25) is 0 Å². The van der Waals surface area contributed by atoms with Crippen LogP contribution in [0.3, 0.4) is 0 Å². The zero-order chi connectivity index (χ0) is 17.4. The number of fused-ring (bicyclic) bond motifs is 1. The highest BCUT2D eigenvalue weighted by Crippen LogP contribution is 2.35. The van der Waals surface area contributed by atoms with E-state index in [1.807, 2.05) is 31.2 Å². The van der Waals surface area contributed by atoms with Crippen molar-refractivity contribution in [3.05, 3.63) is 41.5 Å². The standard InChI is InChI=1S/C17H16N4O3/c1-9-8-14(21-19-12-6-4-5-7-13(12)20-21)16(23)15(10(9)2)18-17(24)11(3)22/h4-8,23H,1-3H3,(H,18,24). The Balaban J connectivity index is 2.16. The molecule has 7 nitrogen and oxygen atoms in total. The van der Waals surface area contributed by atoms with E-state index in [0.717, 1.165) is 5.56 Å². The first-order valence-electron chi connectivity index (χ1n) is 7.36. The van der Waals surface area contributed by atoms with Crippen LogP contribution in [0.1, 0.15) is 18.1 Å². The number of hydrogen-bond acceptors (Lipinski definition) is 5. The second kappa shape index (κ2) is 5.77. The SMILES string of the molecule is CC(=O)C(=O)Nc1c(C)c(C)cc(-n2nc3ccccc3n2)c1O. The van der Waals surface area contributed by atoms with E-state index >= 15 is 0 Å². The zero-order valence-electron chi connectivity index (χ0n) is 13.5. The van der Waals surface area contributed by atoms with Gasteiger partial charge in [-0.3, -0.25) is 9.59 Å². The number of benzene rings is 2. The number of aromatic hydroxyl groups is 1. The number of carbonyl (C=O) groups excluding carboxylic acids is 2. The molecule has 2 N–H and O–H groups in total. The van der Waals surface area contributed by atoms with Crippen molar-refractivity contribution in [3.63, 3.8) is 0 Å². The van der Waals surface area contributed by atoms with Gasteiger partial charge in [0.05, 0.1) is 5.69 Å². The summed E-state index contributed by atoms with van der Waals surface area (Å²) in [6.45, 7) is 4.76. The minimum atomic E-state index is -0.788. The molecule has 24 heavy (non-hydrogen) atoms. The molecule has 7 heteroatoms. The highest BCUT2D eigenvalue weighted by molar-refractivity contribution is 6.40.